The summed E-state index contributed by atoms with van der Waals surface area (Å²) >= 11 is 0. The number of ketones is 1. The number of carbonyl (C=O) groups excluding carboxylic acids is 3. The van der Waals surface area contributed by atoms with Crippen LogP contribution in [0.3, 0.4) is 0 Å². The van der Waals surface area contributed by atoms with Gasteiger partial charge in [0, 0.05) is 73.3 Å². The highest BCUT2D eigenvalue weighted by molar-refractivity contribution is 6.22. The van der Waals surface area contributed by atoms with E-state index in [1.54, 1.807) is 58.8 Å². The normalized spacial score (nSPS) is 30.8. The number of fused-ring (bicyclic) bond motifs is 14. The Morgan fingerprint density at radius 3 is 2.19 bits per heavy atom. The number of hydrogen-bond acceptors (Lipinski definition) is 13. The van der Waals surface area contributed by atoms with Gasteiger partial charge in [-0.1, -0.05) is 45.9 Å². The third-order valence-electron chi connectivity index (χ3n) is 10.6. The van der Waals surface area contributed by atoms with Crippen molar-refractivity contribution in [1.82, 2.24) is 4.90 Å². The number of anilines is 1. The Morgan fingerprint density at radius 1 is 0.944 bits per heavy atom. The zero-order valence-electron chi connectivity index (χ0n) is 32.8. The first-order valence-corrected chi connectivity index (χ1v) is 17.9. The van der Waals surface area contributed by atoms with Crippen molar-refractivity contribution in [1.29, 1.82) is 0 Å². The number of benzene rings is 2. The molecule has 5 rings (SSSR count). The summed E-state index contributed by atoms with van der Waals surface area (Å²) in [4.78, 5) is 41.7. The number of esters is 1. The van der Waals surface area contributed by atoms with E-state index in [0.717, 1.165) is 0 Å². The molecule has 2 aromatic rings. The molecule has 9 unspecified atom stereocenters. The third-order valence-corrected chi connectivity index (χ3v) is 10.6. The van der Waals surface area contributed by atoms with Crippen molar-refractivity contribution in [2.24, 2.45) is 23.7 Å². The molecule has 0 spiro atoms. The molecule has 54 heavy (non-hydrogen) atoms. The number of ether oxygens (including phenoxy) is 4. The zero-order chi connectivity index (χ0) is 40.6. The average molecular weight is 755 g/mol. The average Bonchev–Trinajstić information content (AvgIpc) is 3.38. The number of nitrogens with one attached hydrogen (secondary N) is 1. The molecule has 0 saturated carbocycles. The zero-order valence-corrected chi connectivity index (χ0v) is 32.8. The van der Waals surface area contributed by atoms with Crippen molar-refractivity contribution in [3.63, 3.8) is 0 Å². The second kappa shape index (κ2) is 16.4. The molecule has 3 aliphatic rings. The standard InChI is InChI=1S/C40H54N2O12/c1-18-13-12-14-19(2)39(50)41-30-25(17-42(9)10)34(47)27-28(35(30)48)33(46)23(6)37-29(27)38(49)40(8,54-37)52-16-15-26(51-11)20(3)36(53-24(7)43)22(5)32(45)21(4)31(18)44/h12-16,18,20-22,26,31-32,36,44-48H,17H2,1-11H3,(H,41,50)/b13-12+,16-15+,19-14?. The first kappa shape index (κ1) is 42.1. The number of amides is 1. The number of aliphatic hydroxyl groups is 2. The molecule has 9 atom stereocenters. The number of methoxy groups -OCH3 is 1. The highest BCUT2D eigenvalue weighted by atomic mass is 16.7. The highest BCUT2D eigenvalue weighted by Crippen LogP contribution is 2.55. The predicted molar refractivity (Wildman–Crippen MR) is 201 cm³/mol. The van der Waals surface area contributed by atoms with Crippen molar-refractivity contribution >= 4 is 34.1 Å². The Balaban J connectivity index is 1.96. The molecule has 0 fully saturated rings. The van der Waals surface area contributed by atoms with E-state index in [1.807, 2.05) is 0 Å². The second-order valence-corrected chi connectivity index (χ2v) is 14.9. The molecule has 6 N–H and O–H groups in total. The van der Waals surface area contributed by atoms with Crippen molar-refractivity contribution in [2.45, 2.75) is 92.1 Å². The van der Waals surface area contributed by atoms with E-state index >= 15 is 0 Å². The van der Waals surface area contributed by atoms with Crippen molar-refractivity contribution in [3.8, 4) is 23.0 Å². The first-order chi connectivity index (χ1) is 25.2. The van der Waals surface area contributed by atoms with Crippen molar-refractivity contribution in [3.05, 3.63) is 52.8 Å². The minimum Gasteiger partial charge on any atom is -0.507 e. The summed E-state index contributed by atoms with van der Waals surface area (Å²) in [6, 6.07) is 0. The molecule has 5 bridgehead atoms. The maximum absolute atomic E-state index is 14.2. The van der Waals surface area contributed by atoms with Gasteiger partial charge in [-0.15, -0.1) is 0 Å². The maximum Gasteiger partial charge on any atom is 0.312 e. The van der Waals surface area contributed by atoms with E-state index < -0.39 is 88.8 Å². The summed E-state index contributed by atoms with van der Waals surface area (Å²) < 4.78 is 23.5. The van der Waals surface area contributed by atoms with E-state index in [1.165, 1.54) is 53.2 Å². The van der Waals surface area contributed by atoms with Crippen LogP contribution in [0, 0.1) is 30.6 Å². The van der Waals surface area contributed by atoms with Gasteiger partial charge in [-0.2, -0.15) is 0 Å². The largest absolute Gasteiger partial charge is 0.507 e. The van der Waals surface area contributed by atoms with Gasteiger partial charge in [0.05, 0.1) is 41.2 Å². The fraction of sp³-hybridized carbons (Fsp3) is 0.525. The topological polar surface area (TPSA) is 205 Å². The van der Waals surface area contributed by atoms with Crippen LogP contribution < -0.4 is 10.1 Å². The summed E-state index contributed by atoms with van der Waals surface area (Å²) in [5.41, 5.74) is 0.0370. The molecule has 3 heterocycles. The second-order valence-electron chi connectivity index (χ2n) is 14.9. The Bertz CT molecular complexity index is 1880. The minimum atomic E-state index is -2.01. The molecule has 0 aliphatic carbocycles. The fourth-order valence-corrected chi connectivity index (χ4v) is 7.26. The number of nitrogens with zero attached hydrogens (tertiary/aromatic N) is 1. The van der Waals surface area contributed by atoms with Gasteiger partial charge in [-0.25, -0.2) is 0 Å². The lowest BCUT2D eigenvalue weighted by Crippen LogP contribution is -2.46. The number of Topliss-reactive ketones (excluding diaryl/α,β-unsaturated/α-hetero) is 1. The van der Waals surface area contributed by atoms with Gasteiger partial charge >= 0.3 is 11.8 Å². The maximum atomic E-state index is 14.2. The Labute approximate surface area is 315 Å². The van der Waals surface area contributed by atoms with Gasteiger partial charge in [0.2, 0.25) is 0 Å². The molecule has 296 valence electrons. The van der Waals surface area contributed by atoms with Gasteiger partial charge in [0.25, 0.3) is 11.7 Å². The van der Waals surface area contributed by atoms with Crippen molar-refractivity contribution in [2.75, 3.05) is 26.5 Å². The summed E-state index contributed by atoms with van der Waals surface area (Å²) in [6.45, 7) is 12.6. The number of aromatic hydroxyl groups is 3. The summed E-state index contributed by atoms with van der Waals surface area (Å²) in [7, 11) is 4.86. The van der Waals surface area contributed by atoms with E-state index in [-0.39, 0.29) is 51.0 Å². The van der Waals surface area contributed by atoms with Crippen LogP contribution in [0.15, 0.2) is 36.1 Å². The van der Waals surface area contributed by atoms with Gasteiger partial charge in [0.15, 0.2) is 5.75 Å². The third kappa shape index (κ3) is 7.92. The molecule has 14 heteroatoms. The number of hydrogen-bond donors (Lipinski definition) is 6. The van der Waals surface area contributed by atoms with Crippen molar-refractivity contribution < 1.29 is 58.9 Å². The lowest BCUT2D eigenvalue weighted by molar-refractivity contribution is -0.160. The van der Waals surface area contributed by atoms with Crippen LogP contribution in [0.5, 0.6) is 23.0 Å². The lowest BCUT2D eigenvalue weighted by Gasteiger charge is -2.38. The molecule has 0 saturated heterocycles. The molecule has 0 aromatic heterocycles. The van der Waals surface area contributed by atoms with Gasteiger partial charge in [-0.3, -0.25) is 14.4 Å². The quantitative estimate of drug-likeness (QED) is 0.141. The van der Waals surface area contributed by atoms with E-state index in [9.17, 15) is 39.9 Å². The van der Waals surface area contributed by atoms with E-state index in [4.69, 9.17) is 18.9 Å². The highest BCUT2D eigenvalue weighted by Gasteiger charge is 2.50. The molecular weight excluding hydrogens is 700 g/mol. The fourth-order valence-electron chi connectivity index (χ4n) is 7.26. The van der Waals surface area contributed by atoms with Crippen LogP contribution in [-0.2, 0) is 30.3 Å². The lowest BCUT2D eigenvalue weighted by atomic mass is 9.78. The molecule has 2 aromatic carbocycles. The number of carbonyl (C=O) groups is 3. The molecule has 14 nitrogen and oxygen atoms in total. The smallest absolute Gasteiger partial charge is 0.312 e. The SMILES string of the molecule is COC1/C=C/OC2(C)Oc3c(C)c(O)c4c(O)c(c(CN(C)C)c(O)c4c3C2=O)NC(=O)C(C)=C/C=C/C(C)C(O)C(C)C(O)C(C)C(OC(C)=O)C1C. The number of aliphatic hydroxyl groups excluding tert-OH is 2. The monoisotopic (exact) mass is 754 g/mol. The van der Waals surface area contributed by atoms with Gasteiger partial charge in [0.1, 0.15) is 23.4 Å². The van der Waals surface area contributed by atoms with Crippen LogP contribution in [0.1, 0.15) is 70.0 Å². The molecule has 0 radical (unpaired) electrons. The summed E-state index contributed by atoms with van der Waals surface area (Å²) in [5, 5.41) is 59.9. The van der Waals surface area contributed by atoms with Crippen LogP contribution in [0.25, 0.3) is 10.8 Å². The first-order valence-electron chi connectivity index (χ1n) is 17.9. The Morgan fingerprint density at radius 2 is 1.59 bits per heavy atom. The van der Waals surface area contributed by atoms with Crippen LogP contribution in [0.2, 0.25) is 0 Å². The van der Waals surface area contributed by atoms with Crippen LogP contribution in [-0.4, -0.2) is 99.5 Å². The number of phenols is 3. The number of rotatable bonds is 4. The molecule has 1 amide bonds. The minimum absolute atomic E-state index is 0.00552. The van der Waals surface area contributed by atoms with Gasteiger partial charge in [-0.05, 0) is 34.0 Å². The molecular formula is C40H54N2O12. The van der Waals surface area contributed by atoms with Crippen LogP contribution >= 0.6 is 0 Å². The Hall–Kier alpha value is -4.63. The summed E-state index contributed by atoms with van der Waals surface area (Å²) in [5.74, 6) is -7.98. The molecule has 3 aliphatic heterocycles. The van der Waals surface area contributed by atoms with E-state index in [0.29, 0.717) is 0 Å². The Kier molecular flexibility index (Phi) is 12.8. The number of phenolic OH excluding ortho intramolecular Hbond substituents is 3. The predicted octanol–water partition coefficient (Wildman–Crippen LogP) is 4.82. The summed E-state index contributed by atoms with van der Waals surface area (Å²) in [6.07, 6.45) is 3.65. The van der Waals surface area contributed by atoms with Crippen LogP contribution in [0.4, 0.5) is 5.69 Å². The van der Waals surface area contributed by atoms with E-state index in [2.05, 4.69) is 5.32 Å². The van der Waals surface area contributed by atoms with Gasteiger partial charge < -0.3 is 54.7 Å². The number of allylic oxidation sites excluding steroid dienone is 2.